The van der Waals surface area contributed by atoms with Gasteiger partial charge in [0.25, 0.3) is 0 Å². The molecule has 138 valence electrons. The molecule has 0 heterocycles. The highest BCUT2D eigenvalue weighted by molar-refractivity contribution is 7.89. The van der Waals surface area contributed by atoms with Crippen LogP contribution >= 0.6 is 11.6 Å². The number of aryl methyl sites for hydroxylation is 1. The topological polar surface area (TPSA) is 75.3 Å². The van der Waals surface area contributed by atoms with Crippen molar-refractivity contribution in [2.45, 2.75) is 24.6 Å². The number of sulfone groups is 1. The molecule has 3 rings (SSSR count). The van der Waals surface area contributed by atoms with Gasteiger partial charge < -0.3 is 10.6 Å². The van der Waals surface area contributed by atoms with E-state index in [9.17, 15) is 17.6 Å². The summed E-state index contributed by atoms with van der Waals surface area (Å²) < 4.78 is 36.5. The second-order valence-corrected chi connectivity index (χ2v) is 8.98. The minimum absolute atomic E-state index is 0.152. The molecule has 2 amide bonds. The Bertz CT molecular complexity index is 963. The van der Waals surface area contributed by atoms with E-state index in [1.807, 2.05) is 12.1 Å². The lowest BCUT2D eigenvalue weighted by atomic mass is 10.1. The van der Waals surface area contributed by atoms with Gasteiger partial charge in [-0.25, -0.2) is 17.6 Å². The van der Waals surface area contributed by atoms with Crippen LogP contribution in [0, 0.1) is 5.82 Å². The lowest BCUT2D eigenvalue weighted by molar-refractivity contribution is 0.248. The summed E-state index contributed by atoms with van der Waals surface area (Å²) in [6.07, 6.45) is 2.63. The molecule has 0 bridgehead atoms. The van der Waals surface area contributed by atoms with Gasteiger partial charge in [-0.1, -0.05) is 17.7 Å². The molecule has 1 aliphatic carbocycles. The summed E-state index contributed by atoms with van der Waals surface area (Å²) in [7, 11) is -3.37. The minimum Gasteiger partial charge on any atom is -0.331 e. The van der Waals surface area contributed by atoms with E-state index in [2.05, 4.69) is 10.6 Å². The number of carbonyl (C=O) groups is 1. The summed E-state index contributed by atoms with van der Waals surface area (Å²) in [6, 6.07) is 8.58. The van der Waals surface area contributed by atoms with Gasteiger partial charge in [0, 0.05) is 17.0 Å². The van der Waals surface area contributed by atoms with Crippen LogP contribution in [0.5, 0.6) is 0 Å². The average molecular weight is 397 g/mol. The number of halogens is 2. The van der Waals surface area contributed by atoms with E-state index in [1.54, 1.807) is 6.07 Å². The Hall–Kier alpha value is -2.12. The van der Waals surface area contributed by atoms with Gasteiger partial charge in [-0.05, 0) is 59.9 Å². The smallest absolute Gasteiger partial charge is 0.319 e. The molecule has 2 aromatic carbocycles. The highest BCUT2D eigenvalue weighted by Crippen LogP contribution is 2.33. The zero-order valence-electron chi connectivity index (χ0n) is 14.1. The number of rotatable bonds is 4. The Morgan fingerprint density at radius 1 is 1.27 bits per heavy atom. The summed E-state index contributed by atoms with van der Waals surface area (Å²) in [6.45, 7) is 0. The van der Waals surface area contributed by atoms with E-state index in [-0.39, 0.29) is 23.0 Å². The molecule has 2 aromatic rings. The Morgan fingerprint density at radius 2 is 2.04 bits per heavy atom. The van der Waals surface area contributed by atoms with E-state index < -0.39 is 21.7 Å². The second kappa shape index (κ2) is 7.25. The number of benzene rings is 2. The van der Waals surface area contributed by atoms with Gasteiger partial charge in [-0.2, -0.15) is 0 Å². The van der Waals surface area contributed by atoms with E-state index in [0.717, 1.165) is 36.3 Å². The number of fused-ring (bicyclic) bond motifs is 1. The van der Waals surface area contributed by atoms with Crippen molar-refractivity contribution < 1.29 is 17.6 Å². The number of carbonyl (C=O) groups excluding carboxylic acids is 1. The number of amides is 2. The van der Waals surface area contributed by atoms with E-state index >= 15 is 0 Å². The van der Waals surface area contributed by atoms with Crippen LogP contribution in [0.4, 0.5) is 14.9 Å². The van der Waals surface area contributed by atoms with Crippen LogP contribution in [0.2, 0.25) is 5.02 Å². The number of hydrogen-bond donors (Lipinski definition) is 2. The van der Waals surface area contributed by atoms with Gasteiger partial charge >= 0.3 is 6.03 Å². The van der Waals surface area contributed by atoms with Crippen LogP contribution in [0.3, 0.4) is 0 Å². The molecule has 1 aliphatic rings. The van der Waals surface area contributed by atoms with Crippen molar-refractivity contribution >= 4 is 33.2 Å². The Kier molecular flexibility index (Phi) is 5.20. The molecule has 0 saturated heterocycles. The number of anilines is 1. The maximum absolute atomic E-state index is 13.5. The monoisotopic (exact) mass is 396 g/mol. The quantitative estimate of drug-likeness (QED) is 0.824. The first-order chi connectivity index (χ1) is 12.2. The van der Waals surface area contributed by atoms with E-state index in [1.165, 1.54) is 12.1 Å². The zero-order chi connectivity index (χ0) is 18.9. The molecule has 1 atom stereocenters. The Morgan fingerprint density at radius 3 is 2.77 bits per heavy atom. The molecule has 0 spiro atoms. The van der Waals surface area contributed by atoms with Gasteiger partial charge in [-0.3, -0.25) is 0 Å². The highest BCUT2D eigenvalue weighted by Gasteiger charge is 2.24. The molecule has 0 aliphatic heterocycles. The third-order valence-electron chi connectivity index (χ3n) is 4.22. The fourth-order valence-electron chi connectivity index (χ4n) is 3.14. The maximum Gasteiger partial charge on any atom is 0.319 e. The molecule has 8 heteroatoms. The van der Waals surface area contributed by atoms with Gasteiger partial charge in [0.15, 0.2) is 9.84 Å². The van der Waals surface area contributed by atoms with Crippen molar-refractivity contribution in [1.82, 2.24) is 5.32 Å². The van der Waals surface area contributed by atoms with Crippen molar-refractivity contribution in [3.63, 3.8) is 0 Å². The molecule has 0 fully saturated rings. The van der Waals surface area contributed by atoms with Crippen LogP contribution in [0.1, 0.15) is 29.2 Å². The molecule has 0 saturated carbocycles. The normalized spacial score (nSPS) is 16.2. The molecule has 0 radical (unpaired) electrons. The molecule has 2 N–H and O–H groups in total. The van der Waals surface area contributed by atoms with Gasteiger partial charge in [0.2, 0.25) is 0 Å². The van der Waals surface area contributed by atoms with Gasteiger partial charge in [0.05, 0.1) is 11.8 Å². The lowest BCUT2D eigenvalue weighted by Gasteiger charge is -2.16. The third kappa shape index (κ3) is 4.53. The first kappa shape index (κ1) is 18.7. The van der Waals surface area contributed by atoms with Crippen LogP contribution in [0.25, 0.3) is 0 Å². The molecule has 5 nitrogen and oxygen atoms in total. The molecule has 0 aromatic heterocycles. The molecular weight excluding hydrogens is 379 g/mol. The van der Waals surface area contributed by atoms with E-state index in [0.29, 0.717) is 5.02 Å². The summed E-state index contributed by atoms with van der Waals surface area (Å²) in [4.78, 5) is 12.4. The second-order valence-electron chi connectivity index (χ2n) is 6.40. The predicted molar refractivity (Wildman–Crippen MR) is 99.6 cm³/mol. The molecule has 26 heavy (non-hydrogen) atoms. The lowest BCUT2D eigenvalue weighted by Crippen LogP contribution is -2.32. The first-order valence-corrected chi connectivity index (χ1v) is 10.5. The van der Waals surface area contributed by atoms with Crippen molar-refractivity contribution in [3.8, 4) is 0 Å². The maximum atomic E-state index is 13.5. The Labute approximate surface area is 156 Å². The van der Waals surface area contributed by atoms with Crippen molar-refractivity contribution in [1.29, 1.82) is 0 Å². The van der Waals surface area contributed by atoms with Gasteiger partial charge in [-0.15, -0.1) is 0 Å². The SMILES string of the molecule is CS(=O)(=O)Cc1cc(F)ccc1NC(=O)NC1CCc2cc(Cl)ccc21. The number of nitrogens with one attached hydrogen (secondary N) is 2. The first-order valence-electron chi connectivity index (χ1n) is 8.03. The fourth-order valence-corrected chi connectivity index (χ4v) is 4.14. The van der Waals surface area contributed by atoms with Crippen molar-refractivity contribution in [3.05, 3.63) is 63.9 Å². The van der Waals surface area contributed by atoms with Crippen LogP contribution in [0.15, 0.2) is 36.4 Å². The van der Waals surface area contributed by atoms with E-state index in [4.69, 9.17) is 11.6 Å². The van der Waals surface area contributed by atoms with Gasteiger partial charge in [0.1, 0.15) is 5.82 Å². The average Bonchev–Trinajstić information content (AvgIpc) is 2.90. The number of hydrogen-bond acceptors (Lipinski definition) is 3. The molecule has 1 unspecified atom stereocenters. The largest absolute Gasteiger partial charge is 0.331 e. The Balaban J connectivity index is 1.74. The molecular formula is C18H18ClFN2O3S. The summed E-state index contributed by atoms with van der Waals surface area (Å²) in [5.74, 6) is -0.915. The summed E-state index contributed by atoms with van der Waals surface area (Å²) in [5.41, 5.74) is 2.59. The number of urea groups is 1. The minimum atomic E-state index is -3.37. The third-order valence-corrected chi connectivity index (χ3v) is 5.29. The standard InChI is InChI=1S/C18H18ClFN2O3S/c1-26(24,25)10-12-9-14(20)4-7-16(12)21-18(23)22-17-6-2-11-8-13(19)3-5-15(11)17/h3-5,7-9,17H,2,6,10H2,1H3,(H2,21,22,23). The van der Waals surface area contributed by atoms with Crippen molar-refractivity contribution in [2.75, 3.05) is 11.6 Å². The zero-order valence-corrected chi connectivity index (χ0v) is 15.6. The van der Waals surface area contributed by atoms with Crippen molar-refractivity contribution in [2.24, 2.45) is 0 Å². The highest BCUT2D eigenvalue weighted by atomic mass is 35.5. The van der Waals surface area contributed by atoms with Crippen LogP contribution in [-0.2, 0) is 22.0 Å². The fraction of sp³-hybridized carbons (Fsp3) is 0.278. The van der Waals surface area contributed by atoms with Crippen LogP contribution < -0.4 is 10.6 Å². The predicted octanol–water partition coefficient (Wildman–Crippen LogP) is 3.83. The summed E-state index contributed by atoms with van der Waals surface area (Å²) >= 11 is 5.99. The van der Waals surface area contributed by atoms with Crippen LogP contribution in [-0.4, -0.2) is 20.7 Å². The summed E-state index contributed by atoms with van der Waals surface area (Å²) in [5, 5.41) is 6.15.